The summed E-state index contributed by atoms with van der Waals surface area (Å²) in [5, 5.41) is 8.44. The maximum atomic E-state index is 8.44. The minimum absolute atomic E-state index is 0.546. The van der Waals surface area contributed by atoms with Crippen LogP contribution in [-0.2, 0) is 6.42 Å². The molecule has 1 aromatic heterocycles. The molecule has 0 aliphatic carbocycles. The summed E-state index contributed by atoms with van der Waals surface area (Å²) in [4.78, 5) is 0. The maximum Gasteiger partial charge on any atom is 0.151 e. The number of hydrogen-bond acceptors (Lipinski definition) is 3. The molecule has 3 nitrogen and oxygen atoms in total. The highest BCUT2D eigenvalue weighted by atomic mass is 16.3. The van der Waals surface area contributed by atoms with E-state index in [0.717, 1.165) is 12.2 Å². The van der Waals surface area contributed by atoms with E-state index in [1.54, 1.807) is 6.07 Å². The summed E-state index contributed by atoms with van der Waals surface area (Å²) in [6.45, 7) is 1.99. The van der Waals surface area contributed by atoms with Gasteiger partial charge in [0.1, 0.15) is 11.5 Å². The zero-order valence-electron chi connectivity index (χ0n) is 6.37. The van der Waals surface area contributed by atoms with Gasteiger partial charge in [0.05, 0.1) is 6.07 Å². The zero-order chi connectivity index (χ0) is 8.27. The van der Waals surface area contributed by atoms with Crippen molar-refractivity contribution in [3.05, 3.63) is 23.7 Å². The SMILES string of the molecule is CCc1ccc(C(N)C#N)o1. The molecule has 0 saturated heterocycles. The predicted octanol–water partition coefficient (Wildman–Crippen LogP) is 1.37. The predicted molar refractivity (Wildman–Crippen MR) is 40.6 cm³/mol. The highest BCUT2D eigenvalue weighted by Gasteiger charge is 2.07. The van der Waals surface area contributed by atoms with E-state index >= 15 is 0 Å². The summed E-state index contributed by atoms with van der Waals surface area (Å²) in [6, 6.07) is 4.86. The van der Waals surface area contributed by atoms with Gasteiger partial charge in [-0.05, 0) is 12.1 Å². The van der Waals surface area contributed by atoms with Crippen LogP contribution in [0.3, 0.4) is 0 Å². The first-order valence-electron chi connectivity index (χ1n) is 3.51. The van der Waals surface area contributed by atoms with Gasteiger partial charge in [-0.1, -0.05) is 6.92 Å². The molecule has 0 amide bonds. The zero-order valence-corrected chi connectivity index (χ0v) is 6.37. The van der Waals surface area contributed by atoms with Crippen LogP contribution in [-0.4, -0.2) is 0 Å². The average molecular weight is 150 g/mol. The minimum atomic E-state index is -0.629. The third kappa shape index (κ3) is 1.60. The lowest BCUT2D eigenvalue weighted by Gasteiger charge is -1.95. The molecule has 0 saturated carbocycles. The van der Waals surface area contributed by atoms with Crippen LogP contribution in [0.5, 0.6) is 0 Å². The lowest BCUT2D eigenvalue weighted by atomic mass is 10.3. The van der Waals surface area contributed by atoms with E-state index in [4.69, 9.17) is 15.4 Å². The van der Waals surface area contributed by atoms with Crippen molar-refractivity contribution in [1.29, 1.82) is 5.26 Å². The number of nitrogens with zero attached hydrogens (tertiary/aromatic N) is 1. The minimum Gasteiger partial charge on any atom is -0.463 e. The molecule has 0 spiro atoms. The Hall–Kier alpha value is -1.27. The summed E-state index contributed by atoms with van der Waals surface area (Å²) < 4.78 is 5.24. The van der Waals surface area contributed by atoms with Crippen molar-refractivity contribution >= 4 is 0 Å². The summed E-state index contributed by atoms with van der Waals surface area (Å²) in [7, 11) is 0. The normalized spacial score (nSPS) is 12.5. The molecule has 11 heavy (non-hydrogen) atoms. The molecular formula is C8H10N2O. The molecule has 0 radical (unpaired) electrons. The molecule has 1 aromatic rings. The Labute approximate surface area is 65.4 Å². The van der Waals surface area contributed by atoms with Gasteiger partial charge in [0.25, 0.3) is 0 Å². The molecule has 0 aromatic carbocycles. The van der Waals surface area contributed by atoms with E-state index in [1.165, 1.54) is 0 Å². The fraction of sp³-hybridized carbons (Fsp3) is 0.375. The first kappa shape index (κ1) is 7.83. The quantitative estimate of drug-likeness (QED) is 0.692. The van der Waals surface area contributed by atoms with Crippen LogP contribution >= 0.6 is 0 Å². The number of nitriles is 1. The summed E-state index contributed by atoms with van der Waals surface area (Å²) in [6.07, 6.45) is 0.831. The lowest BCUT2D eigenvalue weighted by Crippen LogP contribution is -2.05. The van der Waals surface area contributed by atoms with E-state index in [0.29, 0.717) is 5.76 Å². The monoisotopic (exact) mass is 150 g/mol. The van der Waals surface area contributed by atoms with Gasteiger partial charge in [0.2, 0.25) is 0 Å². The topological polar surface area (TPSA) is 63.0 Å². The molecule has 1 heterocycles. The van der Waals surface area contributed by atoms with Crippen LogP contribution in [0.4, 0.5) is 0 Å². The Morgan fingerprint density at radius 1 is 1.73 bits per heavy atom. The molecule has 3 heteroatoms. The molecule has 0 bridgehead atoms. The van der Waals surface area contributed by atoms with Crippen molar-refractivity contribution in [3.8, 4) is 6.07 Å². The van der Waals surface area contributed by atoms with Crippen LogP contribution in [0.2, 0.25) is 0 Å². The fourth-order valence-corrected chi connectivity index (χ4v) is 0.815. The van der Waals surface area contributed by atoms with Crippen LogP contribution in [0.1, 0.15) is 24.5 Å². The van der Waals surface area contributed by atoms with Gasteiger partial charge in [-0.2, -0.15) is 5.26 Å². The standard InChI is InChI=1S/C8H10N2O/c1-2-6-3-4-8(11-6)7(10)5-9/h3-4,7H,2,10H2,1H3. The fourth-order valence-electron chi connectivity index (χ4n) is 0.815. The Morgan fingerprint density at radius 2 is 2.45 bits per heavy atom. The number of furan rings is 1. The maximum absolute atomic E-state index is 8.44. The smallest absolute Gasteiger partial charge is 0.151 e. The second-order valence-corrected chi connectivity index (χ2v) is 2.26. The second kappa shape index (κ2) is 3.22. The van der Waals surface area contributed by atoms with Gasteiger partial charge in [-0.15, -0.1) is 0 Å². The molecule has 0 fully saturated rings. The van der Waals surface area contributed by atoms with Gasteiger partial charge in [0.15, 0.2) is 6.04 Å². The Bertz CT molecular complexity index is 272. The van der Waals surface area contributed by atoms with E-state index in [1.807, 2.05) is 19.1 Å². The summed E-state index contributed by atoms with van der Waals surface area (Å²) in [5.74, 6) is 1.41. The summed E-state index contributed by atoms with van der Waals surface area (Å²) in [5.41, 5.74) is 5.41. The van der Waals surface area contributed by atoms with Crippen LogP contribution in [0.25, 0.3) is 0 Å². The van der Waals surface area contributed by atoms with Crippen molar-refractivity contribution < 1.29 is 4.42 Å². The van der Waals surface area contributed by atoms with Crippen molar-refractivity contribution in [2.75, 3.05) is 0 Å². The van der Waals surface area contributed by atoms with Crippen molar-refractivity contribution in [2.24, 2.45) is 5.73 Å². The molecular weight excluding hydrogens is 140 g/mol. The van der Waals surface area contributed by atoms with Gasteiger partial charge in [-0.25, -0.2) is 0 Å². The van der Waals surface area contributed by atoms with E-state index < -0.39 is 6.04 Å². The molecule has 58 valence electrons. The molecule has 2 N–H and O–H groups in total. The van der Waals surface area contributed by atoms with Gasteiger partial charge < -0.3 is 10.2 Å². The van der Waals surface area contributed by atoms with E-state index in [2.05, 4.69) is 0 Å². The molecule has 1 rings (SSSR count). The van der Waals surface area contributed by atoms with Crippen LogP contribution in [0.15, 0.2) is 16.5 Å². The number of rotatable bonds is 2. The highest BCUT2D eigenvalue weighted by molar-refractivity contribution is 5.15. The van der Waals surface area contributed by atoms with Crippen molar-refractivity contribution in [1.82, 2.24) is 0 Å². The lowest BCUT2D eigenvalue weighted by molar-refractivity contribution is 0.459. The largest absolute Gasteiger partial charge is 0.463 e. The molecule has 1 atom stereocenters. The number of nitrogens with two attached hydrogens (primary N) is 1. The van der Waals surface area contributed by atoms with Gasteiger partial charge in [-0.3, -0.25) is 0 Å². The third-order valence-electron chi connectivity index (χ3n) is 1.48. The summed E-state index contributed by atoms with van der Waals surface area (Å²) >= 11 is 0. The van der Waals surface area contributed by atoms with Gasteiger partial charge >= 0.3 is 0 Å². The highest BCUT2D eigenvalue weighted by Crippen LogP contribution is 2.13. The molecule has 0 aliphatic rings. The Kier molecular flexibility index (Phi) is 2.29. The van der Waals surface area contributed by atoms with Crippen LogP contribution < -0.4 is 5.73 Å². The van der Waals surface area contributed by atoms with Crippen molar-refractivity contribution in [3.63, 3.8) is 0 Å². The number of hydrogen-bond donors (Lipinski definition) is 1. The van der Waals surface area contributed by atoms with E-state index in [9.17, 15) is 0 Å². The average Bonchev–Trinajstić information content (AvgIpc) is 2.50. The Balaban J connectivity index is 2.82. The molecule has 1 unspecified atom stereocenters. The first-order valence-corrected chi connectivity index (χ1v) is 3.51. The Morgan fingerprint density at radius 3 is 2.91 bits per heavy atom. The second-order valence-electron chi connectivity index (χ2n) is 2.26. The van der Waals surface area contributed by atoms with Crippen LogP contribution in [0, 0.1) is 11.3 Å². The first-order chi connectivity index (χ1) is 5.27. The molecule has 0 aliphatic heterocycles. The number of aryl methyl sites for hydroxylation is 1. The third-order valence-corrected chi connectivity index (χ3v) is 1.48. The van der Waals surface area contributed by atoms with Crippen molar-refractivity contribution in [2.45, 2.75) is 19.4 Å². The van der Waals surface area contributed by atoms with Gasteiger partial charge in [0, 0.05) is 6.42 Å². The van der Waals surface area contributed by atoms with E-state index in [-0.39, 0.29) is 0 Å².